The minimum atomic E-state index is 1.07. The molecule has 0 unspecified atom stereocenters. The fraction of sp³-hybridized carbons (Fsp3) is 0.444. The van der Waals surface area contributed by atoms with Crippen molar-refractivity contribution in [2.24, 2.45) is 0 Å². The fourth-order valence-corrected chi connectivity index (χ4v) is 2.20. The first-order chi connectivity index (χ1) is 9.83. The Labute approximate surface area is 122 Å². The molecule has 0 aromatic carbocycles. The van der Waals surface area contributed by atoms with Crippen LogP contribution in [0.1, 0.15) is 50.9 Å². The van der Waals surface area contributed by atoms with Crippen LogP contribution in [0, 0.1) is 0 Å². The Bertz CT molecular complexity index is 450. The molecular weight excluding hydrogens is 244 g/mol. The van der Waals surface area contributed by atoms with Crippen molar-refractivity contribution < 1.29 is 0 Å². The Morgan fingerprint density at radius 2 is 1.15 bits per heavy atom. The molecule has 2 nitrogen and oxygen atoms in total. The maximum Gasteiger partial charge on any atom is 0.0404 e. The molecule has 0 aliphatic carbocycles. The summed E-state index contributed by atoms with van der Waals surface area (Å²) < 4.78 is 0. The molecule has 0 atom stereocenters. The first-order valence-corrected chi connectivity index (χ1v) is 7.73. The average Bonchev–Trinajstić information content (AvgIpc) is 2.52. The van der Waals surface area contributed by atoms with Crippen LogP contribution in [0.4, 0.5) is 0 Å². The van der Waals surface area contributed by atoms with Gasteiger partial charge in [0.1, 0.15) is 0 Å². The molecule has 0 saturated heterocycles. The summed E-state index contributed by atoms with van der Waals surface area (Å²) in [4.78, 5) is 9.07. The van der Waals surface area contributed by atoms with E-state index in [1.807, 2.05) is 12.4 Å². The molecule has 0 N–H and O–H groups in total. The number of nitrogens with zero attached hydrogens (tertiary/aromatic N) is 2. The Hall–Kier alpha value is -1.70. The Morgan fingerprint density at radius 3 is 1.45 bits per heavy atom. The minimum Gasteiger partial charge on any atom is -0.261 e. The van der Waals surface area contributed by atoms with Crippen LogP contribution < -0.4 is 0 Å². The molecule has 0 fully saturated rings. The van der Waals surface area contributed by atoms with Crippen molar-refractivity contribution in [3.05, 3.63) is 48.0 Å². The van der Waals surface area contributed by atoms with Gasteiger partial charge in [0.25, 0.3) is 0 Å². The van der Waals surface area contributed by atoms with E-state index in [0.717, 1.165) is 24.0 Å². The van der Waals surface area contributed by atoms with Crippen molar-refractivity contribution in [1.82, 2.24) is 9.97 Å². The van der Waals surface area contributed by atoms with Crippen molar-refractivity contribution in [2.45, 2.75) is 52.4 Å². The summed E-state index contributed by atoms with van der Waals surface area (Å²) >= 11 is 0. The molecule has 0 aliphatic rings. The van der Waals surface area contributed by atoms with E-state index in [-0.39, 0.29) is 0 Å². The van der Waals surface area contributed by atoms with Gasteiger partial charge in [0.05, 0.1) is 0 Å². The Kier molecular flexibility index (Phi) is 5.72. The lowest BCUT2D eigenvalue weighted by Crippen LogP contribution is -1.92. The van der Waals surface area contributed by atoms with Crippen LogP contribution in [0.5, 0.6) is 0 Å². The summed E-state index contributed by atoms with van der Waals surface area (Å²) in [5.74, 6) is 0. The van der Waals surface area contributed by atoms with E-state index >= 15 is 0 Å². The second kappa shape index (κ2) is 7.78. The highest BCUT2D eigenvalue weighted by Gasteiger charge is 2.01. The summed E-state index contributed by atoms with van der Waals surface area (Å²) in [5, 5.41) is 0. The van der Waals surface area contributed by atoms with Crippen LogP contribution in [0.2, 0.25) is 0 Å². The van der Waals surface area contributed by atoms with Crippen LogP contribution in [-0.2, 0) is 12.8 Å². The van der Waals surface area contributed by atoms with E-state index in [1.165, 1.54) is 37.1 Å². The highest BCUT2D eigenvalue weighted by molar-refractivity contribution is 5.61. The SMILES string of the molecule is CCCCc1ccc(-c2ccc(CCCC)nc2)cn1. The molecule has 0 saturated carbocycles. The summed E-state index contributed by atoms with van der Waals surface area (Å²) in [6.45, 7) is 4.42. The third kappa shape index (κ3) is 4.16. The van der Waals surface area contributed by atoms with Crippen molar-refractivity contribution in [3.63, 3.8) is 0 Å². The maximum atomic E-state index is 4.54. The molecule has 0 amide bonds. The number of aromatic nitrogens is 2. The Balaban J connectivity index is 2.03. The van der Waals surface area contributed by atoms with Gasteiger partial charge in [0.15, 0.2) is 0 Å². The summed E-state index contributed by atoms with van der Waals surface area (Å²) in [6, 6.07) is 8.58. The highest BCUT2D eigenvalue weighted by Crippen LogP contribution is 2.18. The van der Waals surface area contributed by atoms with Gasteiger partial charge in [-0.2, -0.15) is 0 Å². The normalized spacial score (nSPS) is 10.7. The number of unbranched alkanes of at least 4 members (excludes halogenated alkanes) is 2. The zero-order chi connectivity index (χ0) is 14.2. The van der Waals surface area contributed by atoms with Gasteiger partial charge in [-0.25, -0.2) is 0 Å². The van der Waals surface area contributed by atoms with Crippen LogP contribution in [0.25, 0.3) is 11.1 Å². The van der Waals surface area contributed by atoms with E-state index in [4.69, 9.17) is 0 Å². The largest absolute Gasteiger partial charge is 0.261 e. The summed E-state index contributed by atoms with van der Waals surface area (Å²) in [6.07, 6.45) is 10.9. The number of aryl methyl sites for hydroxylation is 2. The molecule has 2 heteroatoms. The van der Waals surface area contributed by atoms with Gasteiger partial charge < -0.3 is 0 Å². The zero-order valence-electron chi connectivity index (χ0n) is 12.6. The summed E-state index contributed by atoms with van der Waals surface area (Å²) in [7, 11) is 0. The first-order valence-electron chi connectivity index (χ1n) is 7.73. The predicted molar refractivity (Wildman–Crippen MR) is 84.7 cm³/mol. The van der Waals surface area contributed by atoms with E-state index in [0.29, 0.717) is 0 Å². The van der Waals surface area contributed by atoms with Crippen molar-refractivity contribution in [3.8, 4) is 11.1 Å². The van der Waals surface area contributed by atoms with Gasteiger partial charge in [-0.05, 0) is 37.8 Å². The van der Waals surface area contributed by atoms with Crippen molar-refractivity contribution in [2.75, 3.05) is 0 Å². The van der Waals surface area contributed by atoms with Gasteiger partial charge in [-0.3, -0.25) is 9.97 Å². The van der Waals surface area contributed by atoms with E-state index in [9.17, 15) is 0 Å². The van der Waals surface area contributed by atoms with Gasteiger partial charge in [0.2, 0.25) is 0 Å². The number of rotatable bonds is 7. The zero-order valence-corrected chi connectivity index (χ0v) is 12.6. The molecule has 0 aliphatic heterocycles. The minimum absolute atomic E-state index is 1.07. The van der Waals surface area contributed by atoms with Gasteiger partial charge in [-0.1, -0.05) is 38.8 Å². The van der Waals surface area contributed by atoms with Crippen LogP contribution in [-0.4, -0.2) is 9.97 Å². The molecule has 0 spiro atoms. The second-order valence-corrected chi connectivity index (χ2v) is 5.28. The van der Waals surface area contributed by atoms with Gasteiger partial charge in [0, 0.05) is 34.9 Å². The molecule has 20 heavy (non-hydrogen) atoms. The number of hydrogen-bond acceptors (Lipinski definition) is 2. The standard InChI is InChI=1S/C18H24N2/c1-3-5-7-17-11-9-15(13-19-17)16-10-12-18(20-14-16)8-6-4-2/h9-14H,3-8H2,1-2H3. The maximum absolute atomic E-state index is 4.54. The smallest absolute Gasteiger partial charge is 0.0404 e. The third-order valence-electron chi connectivity index (χ3n) is 3.56. The number of pyridine rings is 2. The van der Waals surface area contributed by atoms with E-state index in [2.05, 4.69) is 48.1 Å². The lowest BCUT2D eigenvalue weighted by atomic mass is 10.1. The van der Waals surface area contributed by atoms with Gasteiger partial charge in [-0.15, -0.1) is 0 Å². The predicted octanol–water partition coefficient (Wildman–Crippen LogP) is 4.83. The van der Waals surface area contributed by atoms with Crippen LogP contribution >= 0.6 is 0 Å². The quantitative estimate of drug-likeness (QED) is 0.719. The molecule has 106 valence electrons. The summed E-state index contributed by atoms with van der Waals surface area (Å²) in [5.41, 5.74) is 4.67. The van der Waals surface area contributed by atoms with E-state index < -0.39 is 0 Å². The van der Waals surface area contributed by atoms with Crippen LogP contribution in [0.15, 0.2) is 36.7 Å². The average molecular weight is 268 g/mol. The molecule has 2 aromatic heterocycles. The molecule has 2 rings (SSSR count). The monoisotopic (exact) mass is 268 g/mol. The topological polar surface area (TPSA) is 25.8 Å². The fourth-order valence-electron chi connectivity index (χ4n) is 2.20. The first kappa shape index (κ1) is 14.7. The van der Waals surface area contributed by atoms with Gasteiger partial charge >= 0.3 is 0 Å². The van der Waals surface area contributed by atoms with Crippen molar-refractivity contribution >= 4 is 0 Å². The molecule has 0 radical (unpaired) electrons. The van der Waals surface area contributed by atoms with Crippen LogP contribution in [0.3, 0.4) is 0 Å². The molecule has 2 aromatic rings. The molecule has 2 heterocycles. The lowest BCUT2D eigenvalue weighted by molar-refractivity contribution is 0.776. The second-order valence-electron chi connectivity index (χ2n) is 5.28. The Morgan fingerprint density at radius 1 is 0.700 bits per heavy atom. The van der Waals surface area contributed by atoms with E-state index in [1.54, 1.807) is 0 Å². The number of hydrogen-bond donors (Lipinski definition) is 0. The molecule has 0 bridgehead atoms. The third-order valence-corrected chi connectivity index (χ3v) is 3.56. The molecular formula is C18H24N2. The lowest BCUT2D eigenvalue weighted by Gasteiger charge is -2.05. The highest BCUT2D eigenvalue weighted by atomic mass is 14.7. The van der Waals surface area contributed by atoms with Crippen molar-refractivity contribution in [1.29, 1.82) is 0 Å².